The molecule has 0 aromatic heterocycles. The van der Waals surface area contributed by atoms with E-state index in [1.54, 1.807) is 6.92 Å². The lowest BCUT2D eigenvalue weighted by Crippen LogP contribution is -2.44. The minimum absolute atomic E-state index is 0. The highest BCUT2D eigenvalue weighted by Crippen LogP contribution is 2.05. The lowest BCUT2D eigenvalue weighted by atomic mass is 10.0. The third kappa shape index (κ3) is 3.03. The van der Waals surface area contributed by atoms with Crippen molar-refractivity contribution in [3.8, 4) is 0 Å². The van der Waals surface area contributed by atoms with Gasteiger partial charge in [-0.2, -0.15) is 0 Å². The standard InChI is InChI=1S/C6H13NO2.ClH/c1-4-6(2,7)5(8)9-3;/h4,7H2,1-3H3;1H. The molecule has 0 aliphatic carbocycles. The number of halogens is 1. The number of esters is 1. The maximum atomic E-state index is 10.7. The van der Waals surface area contributed by atoms with Crippen LogP contribution >= 0.6 is 12.4 Å². The molecule has 0 aliphatic heterocycles. The summed E-state index contributed by atoms with van der Waals surface area (Å²) in [5, 5.41) is 0. The lowest BCUT2D eigenvalue weighted by molar-refractivity contribution is -0.146. The summed E-state index contributed by atoms with van der Waals surface area (Å²) in [4.78, 5) is 10.7. The maximum Gasteiger partial charge on any atom is 0.325 e. The Kier molecular flexibility index (Phi) is 5.61. The molecule has 10 heavy (non-hydrogen) atoms. The zero-order chi connectivity index (χ0) is 7.49. The van der Waals surface area contributed by atoms with Crippen LogP contribution < -0.4 is 5.73 Å². The van der Waals surface area contributed by atoms with Crippen molar-refractivity contribution in [2.45, 2.75) is 25.8 Å². The van der Waals surface area contributed by atoms with Gasteiger partial charge in [-0.1, -0.05) is 6.92 Å². The van der Waals surface area contributed by atoms with Gasteiger partial charge in [0.1, 0.15) is 5.54 Å². The number of methoxy groups -OCH3 is 1. The van der Waals surface area contributed by atoms with E-state index in [9.17, 15) is 4.79 Å². The summed E-state index contributed by atoms with van der Waals surface area (Å²) >= 11 is 0. The fourth-order valence-corrected chi connectivity index (χ4v) is 0.377. The highest BCUT2D eigenvalue weighted by Gasteiger charge is 2.26. The number of nitrogens with two attached hydrogens (primary N) is 1. The van der Waals surface area contributed by atoms with Crippen LogP contribution in [0.3, 0.4) is 0 Å². The molecule has 1 unspecified atom stereocenters. The molecule has 0 saturated carbocycles. The zero-order valence-electron chi connectivity index (χ0n) is 6.51. The van der Waals surface area contributed by atoms with Crippen LogP contribution in [0.2, 0.25) is 0 Å². The first-order chi connectivity index (χ1) is 4.04. The Bertz CT molecular complexity index is 114. The Labute approximate surface area is 67.3 Å². The average Bonchev–Trinajstić information content (AvgIpc) is 1.86. The molecule has 0 aromatic rings. The van der Waals surface area contributed by atoms with Crippen molar-refractivity contribution in [1.82, 2.24) is 0 Å². The van der Waals surface area contributed by atoms with Crippen molar-refractivity contribution in [1.29, 1.82) is 0 Å². The van der Waals surface area contributed by atoms with E-state index in [2.05, 4.69) is 4.74 Å². The molecule has 0 bridgehead atoms. The monoisotopic (exact) mass is 167 g/mol. The average molecular weight is 168 g/mol. The second kappa shape index (κ2) is 4.52. The third-order valence-corrected chi connectivity index (χ3v) is 1.39. The molecule has 2 N–H and O–H groups in total. The summed E-state index contributed by atoms with van der Waals surface area (Å²) < 4.78 is 4.44. The van der Waals surface area contributed by atoms with Gasteiger partial charge in [0, 0.05) is 0 Å². The molecule has 3 nitrogen and oxygen atoms in total. The number of ether oxygens (including phenoxy) is 1. The SMILES string of the molecule is CCC(C)(N)C(=O)OC.Cl. The van der Waals surface area contributed by atoms with Crippen LogP contribution in [0.4, 0.5) is 0 Å². The van der Waals surface area contributed by atoms with Gasteiger partial charge in [-0.3, -0.25) is 4.79 Å². The Morgan fingerprint density at radius 1 is 1.70 bits per heavy atom. The summed E-state index contributed by atoms with van der Waals surface area (Å²) in [6.07, 6.45) is 0.597. The largest absolute Gasteiger partial charge is 0.468 e. The molecule has 0 saturated heterocycles. The summed E-state index contributed by atoms with van der Waals surface area (Å²) in [5.74, 6) is -0.356. The molecule has 0 aromatic carbocycles. The predicted octanol–water partition coefficient (Wildman–Crippen LogP) is 0.709. The molecule has 1 atom stereocenters. The van der Waals surface area contributed by atoms with Crippen molar-refractivity contribution >= 4 is 18.4 Å². The van der Waals surface area contributed by atoms with Crippen LogP contribution in [-0.4, -0.2) is 18.6 Å². The van der Waals surface area contributed by atoms with Crippen molar-refractivity contribution in [3.05, 3.63) is 0 Å². The van der Waals surface area contributed by atoms with Crippen LogP contribution in [0, 0.1) is 0 Å². The highest BCUT2D eigenvalue weighted by atomic mass is 35.5. The molecule has 4 heteroatoms. The van der Waals surface area contributed by atoms with Crippen LogP contribution in [0.15, 0.2) is 0 Å². The molecule has 0 amide bonds. The first-order valence-electron chi connectivity index (χ1n) is 2.92. The van der Waals surface area contributed by atoms with Gasteiger partial charge in [0.05, 0.1) is 7.11 Å². The van der Waals surface area contributed by atoms with E-state index in [0.29, 0.717) is 6.42 Å². The van der Waals surface area contributed by atoms with Gasteiger partial charge in [-0.05, 0) is 13.3 Å². The minimum atomic E-state index is -0.811. The van der Waals surface area contributed by atoms with E-state index in [4.69, 9.17) is 5.73 Å². The van der Waals surface area contributed by atoms with E-state index < -0.39 is 5.54 Å². The van der Waals surface area contributed by atoms with Crippen molar-refractivity contribution in [2.24, 2.45) is 5.73 Å². The van der Waals surface area contributed by atoms with Crippen molar-refractivity contribution < 1.29 is 9.53 Å². The number of hydrogen-bond donors (Lipinski definition) is 1. The van der Waals surface area contributed by atoms with Gasteiger partial charge in [-0.25, -0.2) is 0 Å². The van der Waals surface area contributed by atoms with E-state index in [1.165, 1.54) is 7.11 Å². The quantitative estimate of drug-likeness (QED) is 0.617. The molecule has 0 radical (unpaired) electrons. The molecule has 0 aliphatic rings. The molecule has 0 heterocycles. The predicted molar refractivity (Wildman–Crippen MR) is 42.1 cm³/mol. The lowest BCUT2D eigenvalue weighted by Gasteiger charge is -2.18. The third-order valence-electron chi connectivity index (χ3n) is 1.39. The number of carbonyl (C=O) groups excluding carboxylic acids is 1. The summed E-state index contributed by atoms with van der Waals surface area (Å²) in [6, 6.07) is 0. The van der Waals surface area contributed by atoms with Crippen molar-refractivity contribution in [2.75, 3.05) is 7.11 Å². The van der Waals surface area contributed by atoms with E-state index in [0.717, 1.165) is 0 Å². The van der Waals surface area contributed by atoms with Crippen molar-refractivity contribution in [3.63, 3.8) is 0 Å². The second-order valence-electron chi connectivity index (χ2n) is 2.26. The summed E-state index contributed by atoms with van der Waals surface area (Å²) in [5.41, 5.74) is 4.68. The number of carbonyl (C=O) groups is 1. The zero-order valence-corrected chi connectivity index (χ0v) is 7.33. The molecular weight excluding hydrogens is 154 g/mol. The van der Waals surface area contributed by atoms with Crippen LogP contribution in [0.1, 0.15) is 20.3 Å². The highest BCUT2D eigenvalue weighted by molar-refractivity contribution is 5.85. The fourth-order valence-electron chi connectivity index (χ4n) is 0.377. The van der Waals surface area contributed by atoms with E-state index >= 15 is 0 Å². The maximum absolute atomic E-state index is 10.7. The van der Waals surface area contributed by atoms with Crippen LogP contribution in [-0.2, 0) is 9.53 Å². The molecular formula is C6H14ClNO2. The Morgan fingerprint density at radius 2 is 2.10 bits per heavy atom. The summed E-state index contributed by atoms with van der Waals surface area (Å²) in [7, 11) is 1.34. The van der Waals surface area contributed by atoms with Gasteiger partial charge in [0.15, 0.2) is 0 Å². The van der Waals surface area contributed by atoms with Gasteiger partial charge in [0.2, 0.25) is 0 Å². The van der Waals surface area contributed by atoms with Gasteiger partial charge in [0.25, 0.3) is 0 Å². The fraction of sp³-hybridized carbons (Fsp3) is 0.833. The summed E-state index contributed by atoms with van der Waals surface area (Å²) in [6.45, 7) is 3.50. The minimum Gasteiger partial charge on any atom is -0.468 e. The van der Waals surface area contributed by atoms with Crippen LogP contribution in [0.5, 0.6) is 0 Å². The van der Waals surface area contributed by atoms with Gasteiger partial charge in [-0.15, -0.1) is 12.4 Å². The molecule has 0 fully saturated rings. The number of hydrogen-bond acceptors (Lipinski definition) is 3. The normalized spacial score (nSPS) is 14.8. The molecule has 62 valence electrons. The van der Waals surface area contributed by atoms with E-state index in [1.807, 2.05) is 6.92 Å². The topological polar surface area (TPSA) is 52.3 Å². The van der Waals surface area contributed by atoms with Gasteiger partial charge < -0.3 is 10.5 Å². The Hall–Kier alpha value is -0.280. The second-order valence-corrected chi connectivity index (χ2v) is 2.26. The first-order valence-corrected chi connectivity index (χ1v) is 2.92. The van der Waals surface area contributed by atoms with E-state index in [-0.39, 0.29) is 18.4 Å². The van der Waals surface area contributed by atoms with Crippen LogP contribution in [0.25, 0.3) is 0 Å². The molecule has 0 rings (SSSR count). The number of rotatable bonds is 2. The Balaban J connectivity index is 0. The molecule has 0 spiro atoms. The Morgan fingerprint density at radius 3 is 2.20 bits per heavy atom. The van der Waals surface area contributed by atoms with Gasteiger partial charge >= 0.3 is 5.97 Å². The first kappa shape index (κ1) is 12.4. The smallest absolute Gasteiger partial charge is 0.325 e.